The molecule has 136 valence electrons. The number of ether oxygens (including phenoxy) is 1. The van der Waals surface area contributed by atoms with Crippen LogP contribution in [0, 0.1) is 17.7 Å². The van der Waals surface area contributed by atoms with Crippen molar-refractivity contribution < 1.29 is 22.7 Å². The van der Waals surface area contributed by atoms with Gasteiger partial charge in [-0.1, -0.05) is 18.2 Å². The van der Waals surface area contributed by atoms with Gasteiger partial charge in [-0.2, -0.15) is 8.78 Å². The number of pyridine rings is 2. The molecule has 3 aromatic rings. The second kappa shape index (κ2) is 6.71. The molecular weight excluding hydrogens is 359 g/mol. The number of nitrogens with one attached hydrogen (secondary N) is 1. The van der Waals surface area contributed by atoms with Crippen molar-refractivity contribution in [3.8, 4) is 11.3 Å². The van der Waals surface area contributed by atoms with Crippen LogP contribution in [0.2, 0.25) is 0 Å². The van der Waals surface area contributed by atoms with Crippen molar-refractivity contribution in [1.29, 1.82) is 0 Å². The Kier molecular flexibility index (Phi) is 4.23. The highest BCUT2D eigenvalue weighted by Gasteiger charge is 2.38. The fourth-order valence-electron chi connectivity index (χ4n) is 2.97. The van der Waals surface area contributed by atoms with E-state index in [0.717, 1.165) is 0 Å². The molecule has 1 aromatic carbocycles. The molecule has 5 nitrogen and oxygen atoms in total. The standard InChI is InChI=1S/C19H12F3N3O2/c20-12-6-4-10(5-7-12)17-16(25-19(26)27-17)13-8-11(9-23-18(13)22)14-2-1-3-15(21)24-14/h1-9,16-17H,(H,25,26)/t16-,17-/m1/s1. The van der Waals surface area contributed by atoms with Crippen molar-refractivity contribution in [3.05, 3.63) is 83.6 Å². The molecule has 0 bridgehead atoms. The molecule has 1 aliphatic rings. The largest absolute Gasteiger partial charge is 0.439 e. The summed E-state index contributed by atoms with van der Waals surface area (Å²) in [6, 6.07) is 10.1. The molecule has 0 spiro atoms. The molecule has 1 N–H and O–H groups in total. The zero-order valence-corrected chi connectivity index (χ0v) is 13.7. The average molecular weight is 371 g/mol. The minimum Gasteiger partial charge on any atom is -0.439 e. The van der Waals surface area contributed by atoms with Crippen molar-refractivity contribution in [1.82, 2.24) is 15.3 Å². The lowest BCUT2D eigenvalue weighted by Gasteiger charge is -2.18. The van der Waals surface area contributed by atoms with Crippen LogP contribution >= 0.6 is 0 Å². The summed E-state index contributed by atoms with van der Waals surface area (Å²) in [6.07, 6.45) is -0.376. The molecule has 2 aromatic heterocycles. The van der Waals surface area contributed by atoms with Crippen LogP contribution in [0.1, 0.15) is 23.3 Å². The molecule has 0 unspecified atom stereocenters. The van der Waals surface area contributed by atoms with Crippen molar-refractivity contribution in [2.45, 2.75) is 12.1 Å². The first-order valence-corrected chi connectivity index (χ1v) is 8.02. The van der Waals surface area contributed by atoms with E-state index in [0.29, 0.717) is 11.1 Å². The lowest BCUT2D eigenvalue weighted by Crippen LogP contribution is -2.21. The summed E-state index contributed by atoms with van der Waals surface area (Å²) in [5.41, 5.74) is 1.20. The molecular formula is C19H12F3N3O2. The van der Waals surface area contributed by atoms with Gasteiger partial charge in [0.15, 0.2) is 6.10 Å². The van der Waals surface area contributed by atoms with E-state index >= 15 is 0 Å². The molecule has 1 saturated heterocycles. The van der Waals surface area contributed by atoms with Gasteiger partial charge in [-0.05, 0) is 35.9 Å². The lowest BCUT2D eigenvalue weighted by atomic mass is 9.96. The molecule has 0 radical (unpaired) electrons. The molecule has 3 heterocycles. The number of amides is 1. The van der Waals surface area contributed by atoms with Gasteiger partial charge >= 0.3 is 6.09 Å². The van der Waals surface area contributed by atoms with Gasteiger partial charge in [0, 0.05) is 17.3 Å². The van der Waals surface area contributed by atoms with Gasteiger partial charge in [0.25, 0.3) is 0 Å². The summed E-state index contributed by atoms with van der Waals surface area (Å²) < 4.78 is 46.2. The number of halogens is 3. The van der Waals surface area contributed by atoms with Gasteiger partial charge in [-0.3, -0.25) is 0 Å². The van der Waals surface area contributed by atoms with Gasteiger partial charge < -0.3 is 10.1 Å². The molecule has 1 amide bonds. The number of nitrogens with zero attached hydrogens (tertiary/aromatic N) is 2. The van der Waals surface area contributed by atoms with Gasteiger partial charge in [0.1, 0.15) is 11.9 Å². The van der Waals surface area contributed by atoms with Crippen molar-refractivity contribution >= 4 is 6.09 Å². The van der Waals surface area contributed by atoms with E-state index in [1.165, 1.54) is 48.7 Å². The highest BCUT2D eigenvalue weighted by Crippen LogP contribution is 2.38. The lowest BCUT2D eigenvalue weighted by molar-refractivity contribution is 0.131. The second-order valence-corrected chi connectivity index (χ2v) is 5.95. The van der Waals surface area contributed by atoms with Crippen molar-refractivity contribution in [2.24, 2.45) is 0 Å². The van der Waals surface area contributed by atoms with Gasteiger partial charge in [0.05, 0.1) is 5.69 Å². The Morgan fingerprint density at radius 2 is 1.81 bits per heavy atom. The van der Waals surface area contributed by atoms with Crippen LogP contribution in [0.4, 0.5) is 18.0 Å². The predicted molar refractivity (Wildman–Crippen MR) is 88.9 cm³/mol. The first-order valence-electron chi connectivity index (χ1n) is 8.02. The maximum absolute atomic E-state index is 14.4. The maximum atomic E-state index is 14.4. The minimum atomic E-state index is -0.885. The highest BCUT2D eigenvalue weighted by molar-refractivity contribution is 5.71. The topological polar surface area (TPSA) is 64.1 Å². The number of carbonyl (C=O) groups excluding carboxylic acids is 1. The number of carbonyl (C=O) groups is 1. The first kappa shape index (κ1) is 17.0. The van der Waals surface area contributed by atoms with Crippen LogP contribution in [-0.4, -0.2) is 16.1 Å². The molecule has 8 heteroatoms. The number of aromatic nitrogens is 2. The Morgan fingerprint density at radius 3 is 2.56 bits per heavy atom. The smallest absolute Gasteiger partial charge is 0.408 e. The predicted octanol–water partition coefficient (Wildman–Crippen LogP) is 4.08. The van der Waals surface area contributed by atoms with Crippen molar-refractivity contribution in [2.75, 3.05) is 0 Å². The van der Waals surface area contributed by atoms with Crippen LogP contribution in [-0.2, 0) is 4.74 Å². The Morgan fingerprint density at radius 1 is 1.04 bits per heavy atom. The molecule has 1 aliphatic heterocycles. The number of benzene rings is 1. The molecule has 4 rings (SSSR count). The highest BCUT2D eigenvalue weighted by atomic mass is 19.1. The third-order valence-electron chi connectivity index (χ3n) is 4.22. The first-order chi connectivity index (χ1) is 13.0. The summed E-state index contributed by atoms with van der Waals surface area (Å²) in [4.78, 5) is 19.2. The van der Waals surface area contributed by atoms with Crippen LogP contribution in [0.3, 0.4) is 0 Å². The maximum Gasteiger partial charge on any atom is 0.408 e. The summed E-state index contributed by atoms with van der Waals surface area (Å²) in [7, 11) is 0. The van der Waals surface area contributed by atoms with Gasteiger partial charge in [0.2, 0.25) is 11.9 Å². The SMILES string of the molecule is O=C1N[C@H](c2cc(-c3cccc(F)n3)cnc2F)[C@@H](c2ccc(F)cc2)O1. The van der Waals surface area contributed by atoms with E-state index in [2.05, 4.69) is 15.3 Å². The number of hydrogen-bond donors (Lipinski definition) is 1. The monoisotopic (exact) mass is 371 g/mol. The van der Waals surface area contributed by atoms with E-state index in [4.69, 9.17) is 4.74 Å². The number of rotatable bonds is 3. The Labute approximate surface area is 151 Å². The molecule has 0 aliphatic carbocycles. The van der Waals surface area contributed by atoms with Gasteiger partial charge in [-0.25, -0.2) is 19.2 Å². The zero-order valence-electron chi connectivity index (χ0n) is 13.7. The molecule has 1 fully saturated rings. The Balaban J connectivity index is 1.75. The number of alkyl carbamates (subject to hydrolysis) is 1. The minimum absolute atomic E-state index is 0.0544. The van der Waals surface area contributed by atoms with E-state index in [9.17, 15) is 18.0 Å². The summed E-state index contributed by atoms with van der Waals surface area (Å²) in [6.45, 7) is 0. The summed E-state index contributed by atoms with van der Waals surface area (Å²) in [5.74, 6) is -1.93. The van der Waals surface area contributed by atoms with Crippen LogP contribution in [0.5, 0.6) is 0 Å². The zero-order chi connectivity index (χ0) is 19.0. The third-order valence-corrected chi connectivity index (χ3v) is 4.22. The van der Waals surface area contributed by atoms with E-state index in [1.807, 2.05) is 0 Å². The fourth-order valence-corrected chi connectivity index (χ4v) is 2.97. The molecule has 2 atom stereocenters. The average Bonchev–Trinajstić information content (AvgIpc) is 3.04. The summed E-state index contributed by atoms with van der Waals surface area (Å²) in [5, 5.41) is 2.53. The van der Waals surface area contributed by atoms with Crippen LogP contribution in [0.15, 0.2) is 54.7 Å². The molecule has 27 heavy (non-hydrogen) atoms. The third kappa shape index (κ3) is 3.33. The number of hydrogen-bond acceptors (Lipinski definition) is 4. The van der Waals surface area contributed by atoms with Crippen molar-refractivity contribution in [3.63, 3.8) is 0 Å². The van der Waals surface area contributed by atoms with E-state index < -0.39 is 36.0 Å². The van der Waals surface area contributed by atoms with Gasteiger partial charge in [-0.15, -0.1) is 0 Å². The number of cyclic esters (lactones) is 1. The normalized spacial score (nSPS) is 18.9. The quantitative estimate of drug-likeness (QED) is 0.705. The van der Waals surface area contributed by atoms with E-state index in [1.54, 1.807) is 6.07 Å². The Hall–Kier alpha value is -3.42. The summed E-state index contributed by atoms with van der Waals surface area (Å²) >= 11 is 0. The molecule has 0 saturated carbocycles. The second-order valence-electron chi connectivity index (χ2n) is 5.95. The van der Waals surface area contributed by atoms with Crippen LogP contribution in [0.25, 0.3) is 11.3 Å². The van der Waals surface area contributed by atoms with Crippen LogP contribution < -0.4 is 5.32 Å². The fraction of sp³-hybridized carbons (Fsp3) is 0.105. The van der Waals surface area contributed by atoms with E-state index in [-0.39, 0.29) is 11.3 Å². The Bertz CT molecular complexity index is 1010.